The predicted molar refractivity (Wildman–Crippen MR) is 85.9 cm³/mol. The minimum absolute atomic E-state index is 0.00285. The van der Waals surface area contributed by atoms with Gasteiger partial charge in [0.25, 0.3) is 5.91 Å². The largest absolute Gasteiger partial charge is 0.363 e. The second-order valence-electron chi connectivity index (χ2n) is 7.17. The van der Waals surface area contributed by atoms with Crippen LogP contribution in [0.25, 0.3) is 0 Å². The van der Waals surface area contributed by atoms with Crippen LogP contribution in [0.4, 0.5) is 4.79 Å². The number of urea groups is 1. The van der Waals surface area contributed by atoms with E-state index in [0.717, 1.165) is 36.3 Å². The fraction of sp³-hybridized carbons (Fsp3) is 0.588. The zero-order valence-corrected chi connectivity index (χ0v) is 13.7. The van der Waals surface area contributed by atoms with Crippen LogP contribution in [0.1, 0.15) is 44.3 Å². The van der Waals surface area contributed by atoms with E-state index in [1.165, 1.54) is 0 Å². The van der Waals surface area contributed by atoms with Crippen molar-refractivity contribution in [2.75, 3.05) is 13.1 Å². The van der Waals surface area contributed by atoms with Crippen molar-refractivity contribution >= 4 is 17.8 Å². The SMILES string of the molecule is C[C@@]1(C2CC2)NC(=O)N(CC(=O)N2CCC[C@H]2c2ccc[nH]2)C1=O. The topological polar surface area (TPSA) is 85.5 Å². The van der Waals surface area contributed by atoms with Gasteiger partial charge in [0.1, 0.15) is 12.1 Å². The van der Waals surface area contributed by atoms with Crippen LogP contribution in [-0.2, 0) is 9.59 Å². The summed E-state index contributed by atoms with van der Waals surface area (Å²) in [5.74, 6) is -0.234. The molecule has 2 N–H and O–H groups in total. The summed E-state index contributed by atoms with van der Waals surface area (Å²) in [6, 6.07) is 3.43. The van der Waals surface area contributed by atoms with Crippen molar-refractivity contribution in [1.29, 1.82) is 0 Å². The number of H-pyrrole nitrogens is 1. The molecule has 128 valence electrons. The highest BCUT2D eigenvalue weighted by Crippen LogP contribution is 2.42. The van der Waals surface area contributed by atoms with E-state index in [2.05, 4.69) is 10.3 Å². The van der Waals surface area contributed by atoms with Crippen LogP contribution in [0.3, 0.4) is 0 Å². The molecule has 4 amide bonds. The monoisotopic (exact) mass is 330 g/mol. The van der Waals surface area contributed by atoms with Gasteiger partial charge >= 0.3 is 6.03 Å². The van der Waals surface area contributed by atoms with Gasteiger partial charge in [-0.2, -0.15) is 0 Å². The van der Waals surface area contributed by atoms with Crippen molar-refractivity contribution in [1.82, 2.24) is 20.1 Å². The Kier molecular flexibility index (Phi) is 3.40. The molecule has 0 aromatic carbocycles. The Morgan fingerprint density at radius 3 is 2.79 bits per heavy atom. The third-order valence-corrected chi connectivity index (χ3v) is 5.54. The number of likely N-dealkylation sites (tertiary alicyclic amines) is 1. The molecule has 24 heavy (non-hydrogen) atoms. The standard InChI is InChI=1S/C17H22N4O3/c1-17(11-6-7-11)15(23)21(16(24)19-17)10-14(22)20-9-3-5-13(20)12-4-2-8-18-12/h2,4,8,11,13,18H,3,5-7,9-10H2,1H3,(H,19,24)/t13-,17-/m0/s1. The van der Waals surface area contributed by atoms with Crippen LogP contribution in [0.2, 0.25) is 0 Å². The van der Waals surface area contributed by atoms with Gasteiger partial charge in [0, 0.05) is 18.4 Å². The molecular formula is C17H22N4O3. The summed E-state index contributed by atoms with van der Waals surface area (Å²) in [7, 11) is 0. The van der Waals surface area contributed by atoms with E-state index in [-0.39, 0.29) is 30.3 Å². The lowest BCUT2D eigenvalue weighted by atomic mass is 9.96. The van der Waals surface area contributed by atoms with E-state index in [1.54, 1.807) is 11.8 Å². The maximum absolute atomic E-state index is 12.7. The van der Waals surface area contributed by atoms with Gasteiger partial charge in [-0.3, -0.25) is 14.5 Å². The molecule has 2 aliphatic heterocycles. The highest BCUT2D eigenvalue weighted by molar-refractivity contribution is 6.09. The van der Waals surface area contributed by atoms with Gasteiger partial charge in [0.05, 0.1) is 6.04 Å². The zero-order valence-electron chi connectivity index (χ0n) is 13.7. The molecule has 4 rings (SSSR count). The molecule has 1 aromatic heterocycles. The fourth-order valence-corrected chi connectivity index (χ4v) is 3.96. The van der Waals surface area contributed by atoms with Crippen molar-refractivity contribution in [2.45, 2.75) is 44.2 Å². The fourth-order valence-electron chi connectivity index (χ4n) is 3.96. The van der Waals surface area contributed by atoms with Crippen molar-refractivity contribution in [3.05, 3.63) is 24.0 Å². The summed E-state index contributed by atoms with van der Waals surface area (Å²) < 4.78 is 0. The summed E-state index contributed by atoms with van der Waals surface area (Å²) in [6.07, 6.45) is 5.56. The van der Waals surface area contributed by atoms with E-state index in [9.17, 15) is 14.4 Å². The van der Waals surface area contributed by atoms with E-state index < -0.39 is 11.6 Å². The zero-order chi connectivity index (χ0) is 16.9. The molecule has 3 heterocycles. The summed E-state index contributed by atoms with van der Waals surface area (Å²) in [4.78, 5) is 43.6. The first-order chi connectivity index (χ1) is 11.5. The maximum Gasteiger partial charge on any atom is 0.325 e. The quantitative estimate of drug-likeness (QED) is 0.818. The van der Waals surface area contributed by atoms with E-state index in [1.807, 2.05) is 18.3 Å². The molecule has 1 aromatic rings. The number of nitrogens with one attached hydrogen (secondary N) is 2. The Balaban J connectivity index is 1.48. The first kappa shape index (κ1) is 15.2. The lowest BCUT2D eigenvalue weighted by Gasteiger charge is -2.26. The van der Waals surface area contributed by atoms with Crippen LogP contribution in [0.15, 0.2) is 18.3 Å². The molecular weight excluding hydrogens is 308 g/mol. The molecule has 1 saturated carbocycles. The van der Waals surface area contributed by atoms with Crippen LogP contribution in [0.5, 0.6) is 0 Å². The van der Waals surface area contributed by atoms with Gasteiger partial charge in [-0.1, -0.05) is 0 Å². The smallest absolute Gasteiger partial charge is 0.325 e. The highest BCUT2D eigenvalue weighted by Gasteiger charge is 2.56. The minimum Gasteiger partial charge on any atom is -0.363 e. The molecule has 0 unspecified atom stereocenters. The van der Waals surface area contributed by atoms with E-state index in [4.69, 9.17) is 0 Å². The second kappa shape index (κ2) is 5.36. The molecule has 1 aliphatic carbocycles. The molecule has 3 aliphatic rings. The number of carbonyl (C=O) groups excluding carboxylic acids is 3. The first-order valence-electron chi connectivity index (χ1n) is 8.57. The molecule has 2 atom stereocenters. The van der Waals surface area contributed by atoms with Crippen LogP contribution < -0.4 is 5.32 Å². The number of amides is 4. The summed E-state index contributed by atoms with van der Waals surface area (Å²) >= 11 is 0. The third kappa shape index (κ3) is 2.30. The third-order valence-electron chi connectivity index (χ3n) is 5.54. The Morgan fingerprint density at radius 2 is 2.12 bits per heavy atom. The molecule has 3 fully saturated rings. The number of aromatic amines is 1. The van der Waals surface area contributed by atoms with Crippen molar-refractivity contribution in [3.63, 3.8) is 0 Å². The van der Waals surface area contributed by atoms with Crippen LogP contribution in [-0.4, -0.2) is 51.3 Å². The number of aromatic nitrogens is 1. The summed E-state index contributed by atoms with van der Waals surface area (Å²) in [5.41, 5.74) is 0.169. The number of carbonyl (C=O) groups is 3. The highest BCUT2D eigenvalue weighted by atomic mass is 16.2. The number of imide groups is 1. The predicted octanol–water partition coefficient (Wildman–Crippen LogP) is 1.40. The van der Waals surface area contributed by atoms with E-state index in [0.29, 0.717) is 6.54 Å². The first-order valence-corrected chi connectivity index (χ1v) is 8.57. The number of nitrogens with zero attached hydrogens (tertiary/aromatic N) is 2. The molecule has 7 nitrogen and oxygen atoms in total. The average molecular weight is 330 g/mol. The minimum atomic E-state index is -0.832. The lowest BCUT2D eigenvalue weighted by Crippen LogP contribution is -2.47. The van der Waals surface area contributed by atoms with Gasteiger partial charge < -0.3 is 15.2 Å². The van der Waals surface area contributed by atoms with Gasteiger partial charge in [-0.25, -0.2) is 4.79 Å². The van der Waals surface area contributed by atoms with Crippen LogP contribution >= 0.6 is 0 Å². The van der Waals surface area contributed by atoms with Crippen molar-refractivity contribution in [3.8, 4) is 0 Å². The van der Waals surface area contributed by atoms with Crippen LogP contribution in [0, 0.1) is 5.92 Å². The molecule has 0 bridgehead atoms. The van der Waals surface area contributed by atoms with Gasteiger partial charge in [0.15, 0.2) is 0 Å². The van der Waals surface area contributed by atoms with Crippen molar-refractivity contribution < 1.29 is 14.4 Å². The van der Waals surface area contributed by atoms with Gasteiger partial charge in [0.2, 0.25) is 5.91 Å². The Labute approximate surface area is 140 Å². The summed E-state index contributed by atoms with van der Waals surface area (Å²) in [6.45, 7) is 2.25. The second-order valence-corrected chi connectivity index (χ2v) is 7.17. The molecule has 0 radical (unpaired) electrons. The molecule has 7 heteroatoms. The maximum atomic E-state index is 12.7. The van der Waals surface area contributed by atoms with E-state index >= 15 is 0 Å². The number of rotatable bonds is 4. The molecule has 2 saturated heterocycles. The summed E-state index contributed by atoms with van der Waals surface area (Å²) in [5, 5.41) is 2.79. The lowest BCUT2D eigenvalue weighted by molar-refractivity contribution is -0.139. The normalized spacial score (nSPS) is 30.1. The average Bonchev–Trinajstić information content (AvgIpc) is 3.00. The molecule has 0 spiro atoms. The number of hydrogen-bond acceptors (Lipinski definition) is 3. The van der Waals surface area contributed by atoms with Gasteiger partial charge in [-0.15, -0.1) is 0 Å². The van der Waals surface area contributed by atoms with Crippen molar-refractivity contribution in [2.24, 2.45) is 5.92 Å². The van der Waals surface area contributed by atoms with Gasteiger partial charge in [-0.05, 0) is 50.7 Å². The Hall–Kier alpha value is -2.31. The number of hydrogen-bond donors (Lipinski definition) is 2. The Morgan fingerprint density at radius 1 is 1.33 bits per heavy atom. The Bertz CT molecular complexity index is 682.